The van der Waals surface area contributed by atoms with Gasteiger partial charge in [-0.05, 0) is 24.8 Å². The van der Waals surface area contributed by atoms with E-state index in [1.165, 1.54) is 4.90 Å². The molecule has 1 aromatic rings. The molecule has 0 aromatic heterocycles. The van der Waals surface area contributed by atoms with Crippen molar-refractivity contribution in [2.45, 2.75) is 37.9 Å². The van der Waals surface area contributed by atoms with Crippen LogP contribution in [0.4, 0.5) is 13.2 Å². The number of nitrogens with zero attached hydrogens (tertiary/aromatic N) is 1. The summed E-state index contributed by atoms with van der Waals surface area (Å²) in [6.45, 7) is 3.65. The van der Waals surface area contributed by atoms with E-state index in [4.69, 9.17) is 0 Å². The molecule has 0 unspecified atom stereocenters. The topological polar surface area (TPSA) is 49.4 Å². The fourth-order valence-electron chi connectivity index (χ4n) is 2.72. The van der Waals surface area contributed by atoms with Crippen LogP contribution in [0.1, 0.15) is 37.3 Å². The molecule has 0 aliphatic heterocycles. The number of hydrogen-bond acceptors (Lipinski definition) is 2. The van der Waals surface area contributed by atoms with Crippen molar-refractivity contribution in [2.75, 3.05) is 14.1 Å². The quantitative estimate of drug-likeness (QED) is 0.671. The average molecular weight is 370 g/mol. The first-order valence-corrected chi connectivity index (χ1v) is 8.41. The van der Waals surface area contributed by atoms with Gasteiger partial charge in [0.2, 0.25) is 5.91 Å². The monoisotopic (exact) mass is 370 g/mol. The summed E-state index contributed by atoms with van der Waals surface area (Å²) in [7, 11) is 3.32. The summed E-state index contributed by atoms with van der Waals surface area (Å²) in [6.07, 6.45) is -1.46. The lowest BCUT2D eigenvalue weighted by atomic mass is 9.93. The van der Waals surface area contributed by atoms with Crippen LogP contribution >= 0.6 is 0 Å². The molecule has 1 aromatic carbocycles. The van der Waals surface area contributed by atoms with Gasteiger partial charge in [0.05, 0.1) is 6.04 Å². The van der Waals surface area contributed by atoms with Gasteiger partial charge in [-0.1, -0.05) is 42.8 Å². The fourth-order valence-corrected chi connectivity index (χ4v) is 2.72. The van der Waals surface area contributed by atoms with Crippen molar-refractivity contribution in [3.05, 3.63) is 48.6 Å². The van der Waals surface area contributed by atoms with Crippen LogP contribution in [0.3, 0.4) is 0 Å². The molecule has 144 valence electrons. The van der Waals surface area contributed by atoms with Crippen LogP contribution in [0.5, 0.6) is 0 Å². The summed E-state index contributed by atoms with van der Waals surface area (Å²) in [5.41, 5.74) is 0.601. The Hall–Kier alpha value is -2.31. The van der Waals surface area contributed by atoms with Gasteiger partial charge in [0, 0.05) is 20.0 Å². The van der Waals surface area contributed by atoms with Crippen molar-refractivity contribution in [3.8, 4) is 0 Å². The van der Waals surface area contributed by atoms with Crippen molar-refractivity contribution >= 4 is 11.8 Å². The van der Waals surface area contributed by atoms with Gasteiger partial charge in [-0.3, -0.25) is 9.59 Å². The molecule has 0 spiro atoms. The molecule has 4 nitrogen and oxygen atoms in total. The lowest BCUT2D eigenvalue weighted by Crippen LogP contribution is -2.39. The maximum Gasteiger partial charge on any atom is 0.471 e. The van der Waals surface area contributed by atoms with Crippen LogP contribution < -0.4 is 5.32 Å². The van der Waals surface area contributed by atoms with Crippen molar-refractivity contribution in [3.63, 3.8) is 0 Å². The number of alkyl halides is 3. The number of carbonyl (C=O) groups is 2. The highest BCUT2D eigenvalue weighted by Gasteiger charge is 2.39. The molecule has 26 heavy (non-hydrogen) atoms. The minimum atomic E-state index is -4.93. The fraction of sp³-hybridized carbons (Fsp3) is 0.474. The van der Waals surface area contributed by atoms with Gasteiger partial charge in [0.15, 0.2) is 0 Å². The Morgan fingerprint density at radius 3 is 2.31 bits per heavy atom. The van der Waals surface area contributed by atoms with Gasteiger partial charge in [-0.2, -0.15) is 13.2 Å². The van der Waals surface area contributed by atoms with E-state index in [-0.39, 0.29) is 11.8 Å². The number of rotatable bonds is 9. The summed E-state index contributed by atoms with van der Waals surface area (Å²) in [5.74, 6) is -2.27. The molecule has 0 radical (unpaired) electrons. The summed E-state index contributed by atoms with van der Waals surface area (Å²) >= 11 is 0. The number of benzene rings is 1. The molecule has 2 amide bonds. The minimum Gasteiger partial charge on any atom is -0.349 e. The Kier molecular flexibility index (Phi) is 8.35. The normalized spacial score (nSPS) is 13.6. The summed E-state index contributed by atoms with van der Waals surface area (Å²) in [5, 5.41) is 2.05. The zero-order valence-corrected chi connectivity index (χ0v) is 15.1. The number of nitrogens with one attached hydrogen (secondary N) is 1. The summed E-state index contributed by atoms with van der Waals surface area (Å²) < 4.78 is 37.8. The first-order chi connectivity index (χ1) is 12.2. The Morgan fingerprint density at radius 1 is 1.19 bits per heavy atom. The molecule has 0 aliphatic carbocycles. The second kappa shape index (κ2) is 9.99. The van der Waals surface area contributed by atoms with Crippen LogP contribution in [0.2, 0.25) is 0 Å². The molecule has 0 aliphatic rings. The largest absolute Gasteiger partial charge is 0.471 e. The van der Waals surface area contributed by atoms with E-state index in [1.807, 2.05) is 0 Å². The van der Waals surface area contributed by atoms with Gasteiger partial charge < -0.3 is 10.2 Å². The van der Waals surface area contributed by atoms with E-state index in [1.54, 1.807) is 50.5 Å². The van der Waals surface area contributed by atoms with Crippen molar-refractivity contribution in [2.24, 2.45) is 5.92 Å². The lowest BCUT2D eigenvalue weighted by molar-refractivity contribution is -0.174. The molecule has 0 heterocycles. The zero-order chi connectivity index (χ0) is 19.7. The van der Waals surface area contributed by atoms with E-state index < -0.39 is 18.1 Å². The third kappa shape index (κ3) is 6.90. The third-order valence-electron chi connectivity index (χ3n) is 4.05. The van der Waals surface area contributed by atoms with Crippen LogP contribution in [-0.2, 0) is 9.59 Å². The molecule has 7 heteroatoms. The molecule has 1 rings (SSSR count). The number of amides is 2. The van der Waals surface area contributed by atoms with Crippen LogP contribution in [-0.4, -0.2) is 37.0 Å². The van der Waals surface area contributed by atoms with Gasteiger partial charge in [-0.25, -0.2) is 0 Å². The standard InChI is InChI=1S/C19H25F3N2O2/c1-4-9-15(17(25)24(2)3)12-8-13-16(14-10-6-5-7-11-14)23-18(26)19(20,21)22/h4-7,10-11,15-16H,1,8-9,12-13H2,2-3H3,(H,23,26)/t15-,16+/m0/s1. The molecule has 0 saturated carbocycles. The summed E-state index contributed by atoms with van der Waals surface area (Å²) in [4.78, 5) is 25.0. The van der Waals surface area contributed by atoms with E-state index in [0.29, 0.717) is 31.2 Å². The minimum absolute atomic E-state index is 0.0412. The van der Waals surface area contributed by atoms with Crippen LogP contribution in [0.15, 0.2) is 43.0 Å². The van der Waals surface area contributed by atoms with Gasteiger partial charge in [0.1, 0.15) is 0 Å². The SMILES string of the molecule is C=CC[C@@H](CCC[C@@H](NC(=O)C(F)(F)F)c1ccccc1)C(=O)N(C)C. The maximum absolute atomic E-state index is 12.6. The Balaban J connectivity index is 2.78. The summed E-state index contributed by atoms with van der Waals surface area (Å²) in [6, 6.07) is 7.75. The van der Waals surface area contributed by atoms with Gasteiger partial charge in [-0.15, -0.1) is 6.58 Å². The third-order valence-corrected chi connectivity index (χ3v) is 4.05. The Bertz CT molecular complexity index is 601. The maximum atomic E-state index is 12.6. The molecule has 2 atom stereocenters. The van der Waals surface area contributed by atoms with Crippen molar-refractivity contribution < 1.29 is 22.8 Å². The van der Waals surface area contributed by atoms with Crippen LogP contribution in [0, 0.1) is 5.92 Å². The van der Waals surface area contributed by atoms with Crippen molar-refractivity contribution in [1.82, 2.24) is 10.2 Å². The molecular formula is C19H25F3N2O2. The average Bonchev–Trinajstić information content (AvgIpc) is 2.59. The Labute approximate surface area is 152 Å². The van der Waals surface area contributed by atoms with E-state index in [9.17, 15) is 22.8 Å². The van der Waals surface area contributed by atoms with E-state index in [2.05, 4.69) is 11.9 Å². The van der Waals surface area contributed by atoms with E-state index >= 15 is 0 Å². The van der Waals surface area contributed by atoms with Gasteiger partial charge >= 0.3 is 12.1 Å². The highest BCUT2D eigenvalue weighted by atomic mass is 19.4. The van der Waals surface area contributed by atoms with E-state index in [0.717, 1.165) is 0 Å². The zero-order valence-electron chi connectivity index (χ0n) is 15.1. The number of halogens is 3. The highest BCUT2D eigenvalue weighted by molar-refractivity contribution is 5.82. The van der Waals surface area contributed by atoms with Crippen molar-refractivity contribution in [1.29, 1.82) is 0 Å². The predicted molar refractivity (Wildman–Crippen MR) is 94.2 cm³/mol. The van der Waals surface area contributed by atoms with Gasteiger partial charge in [0.25, 0.3) is 0 Å². The Morgan fingerprint density at radius 2 is 1.81 bits per heavy atom. The number of allylic oxidation sites excluding steroid dienone is 1. The molecule has 1 N–H and O–H groups in total. The number of hydrogen-bond donors (Lipinski definition) is 1. The molecular weight excluding hydrogens is 345 g/mol. The first-order valence-electron chi connectivity index (χ1n) is 8.41. The first kappa shape index (κ1) is 21.7. The highest BCUT2D eigenvalue weighted by Crippen LogP contribution is 2.25. The van der Waals surface area contributed by atoms with Crippen LogP contribution in [0.25, 0.3) is 0 Å². The second-order valence-electron chi connectivity index (χ2n) is 6.32. The smallest absolute Gasteiger partial charge is 0.349 e. The molecule has 0 fully saturated rings. The molecule has 0 bridgehead atoms. The predicted octanol–water partition coefficient (Wildman–Crippen LogP) is 3.86. The molecule has 0 saturated heterocycles. The second-order valence-corrected chi connectivity index (χ2v) is 6.32. The lowest BCUT2D eigenvalue weighted by Gasteiger charge is -2.22. The number of carbonyl (C=O) groups excluding carboxylic acids is 2.